The van der Waals surface area contributed by atoms with E-state index in [9.17, 15) is 5.11 Å². The van der Waals surface area contributed by atoms with E-state index in [2.05, 4.69) is 0 Å². The molecule has 1 N–H and O–H groups in total. The van der Waals surface area contributed by atoms with Crippen LogP contribution in [0, 0.1) is 0 Å². The highest BCUT2D eigenvalue weighted by molar-refractivity contribution is 5.16. The van der Waals surface area contributed by atoms with E-state index in [0.717, 1.165) is 22.3 Å². The van der Waals surface area contributed by atoms with Crippen molar-refractivity contribution in [1.29, 1.82) is 0 Å². The molecule has 0 unspecified atom stereocenters. The summed E-state index contributed by atoms with van der Waals surface area (Å²) in [5.74, 6) is -0.824. The zero-order valence-corrected chi connectivity index (χ0v) is 31.6. The molecule has 0 aliphatic carbocycles. The lowest BCUT2D eigenvalue weighted by molar-refractivity contribution is -0.342. The Morgan fingerprint density at radius 3 is 1.58 bits per heavy atom. The van der Waals surface area contributed by atoms with Gasteiger partial charge in [-0.1, -0.05) is 121 Å². The molecule has 3 saturated heterocycles. The second kappa shape index (κ2) is 19.1. The lowest BCUT2D eigenvalue weighted by Crippen LogP contribution is -2.62. The van der Waals surface area contributed by atoms with E-state index in [0.29, 0.717) is 6.61 Å². The van der Waals surface area contributed by atoms with Gasteiger partial charge >= 0.3 is 0 Å². The van der Waals surface area contributed by atoms with Crippen LogP contribution in [-0.4, -0.2) is 92.6 Å². The third kappa shape index (κ3) is 10.4. The number of hydrogen-bond donors (Lipinski definition) is 1. The first-order valence-corrected chi connectivity index (χ1v) is 18.9. The van der Waals surface area contributed by atoms with Gasteiger partial charge in [0.25, 0.3) is 0 Å². The maximum absolute atomic E-state index is 12.0. The van der Waals surface area contributed by atoms with Crippen molar-refractivity contribution in [3.8, 4) is 0 Å². The third-order valence-corrected chi connectivity index (χ3v) is 9.99. The van der Waals surface area contributed by atoms with Crippen LogP contribution in [0.1, 0.15) is 36.1 Å². The summed E-state index contributed by atoms with van der Waals surface area (Å²) in [6.45, 7) is 5.22. The SMILES string of the molecule is CO[C@@H]1O[C@H](COCc2ccccc2)[C@H](O[C@H]2O[C@@H]([C@H]3COC(C)(C)O3)[C@H](OCc3ccccc3)[C@H]2O)[C@H](OCc2ccccc2)[C@H]1OCc1ccccc1. The van der Waals surface area contributed by atoms with E-state index >= 15 is 0 Å². The lowest BCUT2D eigenvalue weighted by atomic mass is 9.97. The number of hydrogen-bond acceptors (Lipinski definition) is 11. The average Bonchev–Trinajstić information content (AvgIpc) is 3.74. The predicted octanol–water partition coefficient (Wildman–Crippen LogP) is 5.95. The van der Waals surface area contributed by atoms with Crippen LogP contribution in [0.2, 0.25) is 0 Å². The van der Waals surface area contributed by atoms with Gasteiger partial charge in [-0.2, -0.15) is 0 Å². The number of aliphatic hydroxyl groups excluding tert-OH is 1. The fourth-order valence-electron chi connectivity index (χ4n) is 7.20. The van der Waals surface area contributed by atoms with Crippen molar-refractivity contribution in [2.24, 2.45) is 0 Å². The van der Waals surface area contributed by atoms with E-state index in [1.165, 1.54) is 0 Å². The quantitative estimate of drug-likeness (QED) is 0.138. The van der Waals surface area contributed by atoms with Gasteiger partial charge in [0, 0.05) is 7.11 Å². The van der Waals surface area contributed by atoms with Crippen LogP contribution in [0.3, 0.4) is 0 Å². The molecule has 3 fully saturated rings. The number of rotatable bonds is 17. The van der Waals surface area contributed by atoms with Crippen LogP contribution in [0.25, 0.3) is 0 Å². The Balaban J connectivity index is 1.18. The molecule has 4 aromatic carbocycles. The molecule has 55 heavy (non-hydrogen) atoms. The molecule has 294 valence electrons. The van der Waals surface area contributed by atoms with Gasteiger partial charge in [-0.25, -0.2) is 0 Å². The Hall–Kier alpha value is -3.56. The maximum atomic E-state index is 12.0. The van der Waals surface area contributed by atoms with Crippen LogP contribution in [0.15, 0.2) is 121 Å². The number of benzene rings is 4. The summed E-state index contributed by atoms with van der Waals surface area (Å²) >= 11 is 0. The van der Waals surface area contributed by atoms with Crippen LogP contribution in [0.5, 0.6) is 0 Å². The van der Waals surface area contributed by atoms with Crippen molar-refractivity contribution in [2.75, 3.05) is 20.3 Å². The molecule has 0 spiro atoms. The molecule has 7 rings (SSSR count). The van der Waals surface area contributed by atoms with Crippen LogP contribution < -0.4 is 0 Å². The fraction of sp³-hybridized carbons (Fsp3) is 0.455. The largest absolute Gasteiger partial charge is 0.385 e. The maximum Gasteiger partial charge on any atom is 0.187 e. The Labute approximate surface area is 323 Å². The Morgan fingerprint density at radius 2 is 1.09 bits per heavy atom. The Kier molecular flexibility index (Phi) is 13.7. The minimum absolute atomic E-state index is 0.129. The van der Waals surface area contributed by atoms with Gasteiger partial charge in [0.15, 0.2) is 18.4 Å². The first kappa shape index (κ1) is 39.7. The molecule has 11 nitrogen and oxygen atoms in total. The number of aliphatic hydroxyl groups is 1. The summed E-state index contributed by atoms with van der Waals surface area (Å²) in [5, 5.41) is 12.0. The molecular formula is C44H52O11. The predicted molar refractivity (Wildman–Crippen MR) is 201 cm³/mol. The van der Waals surface area contributed by atoms with Gasteiger partial charge in [0.2, 0.25) is 0 Å². The monoisotopic (exact) mass is 756 g/mol. The average molecular weight is 757 g/mol. The highest BCUT2D eigenvalue weighted by Gasteiger charge is 2.56. The van der Waals surface area contributed by atoms with E-state index in [-0.39, 0.29) is 33.0 Å². The minimum Gasteiger partial charge on any atom is -0.385 e. The molecule has 0 aromatic heterocycles. The highest BCUT2D eigenvalue weighted by Crippen LogP contribution is 2.38. The molecule has 3 aliphatic heterocycles. The molecule has 3 heterocycles. The van der Waals surface area contributed by atoms with Crippen molar-refractivity contribution in [1.82, 2.24) is 0 Å². The summed E-state index contributed by atoms with van der Waals surface area (Å²) < 4.78 is 64.2. The van der Waals surface area contributed by atoms with Crippen molar-refractivity contribution in [3.63, 3.8) is 0 Å². The fourth-order valence-corrected chi connectivity index (χ4v) is 7.20. The van der Waals surface area contributed by atoms with Crippen LogP contribution in [-0.2, 0) is 73.8 Å². The molecule has 0 amide bonds. The zero-order chi connectivity index (χ0) is 38.0. The van der Waals surface area contributed by atoms with Gasteiger partial charge in [-0.15, -0.1) is 0 Å². The highest BCUT2D eigenvalue weighted by atomic mass is 16.8. The first-order chi connectivity index (χ1) is 26.9. The molecule has 10 atom stereocenters. The Bertz CT molecular complexity index is 1700. The lowest BCUT2D eigenvalue weighted by Gasteiger charge is -2.46. The molecule has 3 aliphatic rings. The third-order valence-electron chi connectivity index (χ3n) is 9.99. The van der Waals surface area contributed by atoms with Crippen LogP contribution >= 0.6 is 0 Å². The topological polar surface area (TPSA) is 113 Å². The van der Waals surface area contributed by atoms with E-state index in [1.807, 2.05) is 135 Å². The standard InChI is InChI=1S/C44H52O11/c1-44(2)51-29-35(55-44)38-39(48-25-31-18-10-5-11-19-31)36(45)42(54-38)53-37-34(28-47-24-30-16-8-4-9-17-30)52-43(46-3)41(50-27-33-22-14-7-15-23-33)40(37)49-26-32-20-12-6-13-21-32/h4-23,34-43,45H,24-29H2,1-3H3/t34-,35-,36-,37+,38+,39-,40+,41-,42+,43-/m1/s1. The van der Waals surface area contributed by atoms with E-state index in [1.54, 1.807) is 7.11 Å². The van der Waals surface area contributed by atoms with Gasteiger partial charge in [-0.3, -0.25) is 0 Å². The molecule has 0 bridgehead atoms. The van der Waals surface area contributed by atoms with E-state index < -0.39 is 67.2 Å². The molecule has 0 radical (unpaired) electrons. The van der Waals surface area contributed by atoms with Crippen molar-refractivity contribution in [3.05, 3.63) is 144 Å². The van der Waals surface area contributed by atoms with Crippen molar-refractivity contribution < 1.29 is 52.5 Å². The zero-order valence-electron chi connectivity index (χ0n) is 31.6. The summed E-state index contributed by atoms with van der Waals surface area (Å²) in [5.41, 5.74) is 3.91. The minimum atomic E-state index is -1.20. The summed E-state index contributed by atoms with van der Waals surface area (Å²) in [4.78, 5) is 0. The van der Waals surface area contributed by atoms with Crippen LogP contribution in [0.4, 0.5) is 0 Å². The number of ether oxygens (including phenoxy) is 10. The first-order valence-electron chi connectivity index (χ1n) is 18.9. The summed E-state index contributed by atoms with van der Waals surface area (Å²) in [6, 6.07) is 39.4. The Morgan fingerprint density at radius 1 is 0.600 bits per heavy atom. The summed E-state index contributed by atoms with van der Waals surface area (Å²) in [6.07, 6.45) is -8.26. The molecule has 11 heteroatoms. The van der Waals surface area contributed by atoms with E-state index in [4.69, 9.17) is 47.4 Å². The van der Waals surface area contributed by atoms with Gasteiger partial charge < -0.3 is 52.5 Å². The van der Waals surface area contributed by atoms with Gasteiger partial charge in [0.1, 0.15) is 48.8 Å². The normalized spacial score (nSPS) is 30.4. The van der Waals surface area contributed by atoms with Gasteiger partial charge in [-0.05, 0) is 36.1 Å². The number of methoxy groups -OCH3 is 1. The smallest absolute Gasteiger partial charge is 0.187 e. The second-order valence-corrected chi connectivity index (χ2v) is 14.5. The van der Waals surface area contributed by atoms with Crippen molar-refractivity contribution in [2.45, 2.75) is 107 Å². The molecule has 0 saturated carbocycles. The molecular weight excluding hydrogens is 704 g/mol. The summed E-state index contributed by atoms with van der Waals surface area (Å²) in [7, 11) is 1.58. The molecule has 4 aromatic rings. The van der Waals surface area contributed by atoms with Gasteiger partial charge in [0.05, 0.1) is 39.6 Å². The second-order valence-electron chi connectivity index (χ2n) is 14.5. The van der Waals surface area contributed by atoms with Crippen molar-refractivity contribution >= 4 is 0 Å².